The summed E-state index contributed by atoms with van der Waals surface area (Å²) in [7, 11) is 1.79. The van der Waals surface area contributed by atoms with Crippen molar-refractivity contribution in [2.45, 2.75) is 31.9 Å². The molecule has 1 atom stereocenters. The van der Waals surface area contributed by atoms with E-state index < -0.39 is 0 Å². The zero-order valence-corrected chi connectivity index (χ0v) is 14.2. The highest BCUT2D eigenvalue weighted by Gasteiger charge is 2.15. The highest BCUT2D eigenvalue weighted by atomic mass is 127. The molecule has 1 aromatic heterocycles. The number of rotatable bonds is 6. The molecular weight excluding hydrogens is 369 g/mol. The van der Waals surface area contributed by atoms with Crippen molar-refractivity contribution in [1.82, 2.24) is 20.2 Å². The average molecular weight is 393 g/mol. The highest BCUT2D eigenvalue weighted by Crippen LogP contribution is 2.10. The van der Waals surface area contributed by atoms with Crippen LogP contribution in [-0.2, 0) is 11.3 Å². The number of halogens is 1. The van der Waals surface area contributed by atoms with Gasteiger partial charge in [0.15, 0.2) is 5.96 Å². The third-order valence-electron chi connectivity index (χ3n) is 3.19. The topological polar surface area (TPSA) is 63.5 Å². The van der Waals surface area contributed by atoms with Gasteiger partial charge in [-0.2, -0.15) is 0 Å². The molecule has 2 N–H and O–H groups in total. The van der Waals surface area contributed by atoms with Crippen LogP contribution in [0, 0.1) is 0 Å². The lowest BCUT2D eigenvalue weighted by Gasteiger charge is -2.15. The van der Waals surface area contributed by atoms with Gasteiger partial charge in [0.05, 0.1) is 12.4 Å². The lowest BCUT2D eigenvalue weighted by atomic mass is 10.2. The van der Waals surface area contributed by atoms with Gasteiger partial charge in [0.25, 0.3) is 0 Å². The second-order valence-corrected chi connectivity index (χ2v) is 4.67. The van der Waals surface area contributed by atoms with Crippen molar-refractivity contribution >= 4 is 29.9 Å². The van der Waals surface area contributed by atoms with E-state index in [1.807, 2.05) is 12.5 Å². The summed E-state index contributed by atoms with van der Waals surface area (Å²) in [6.45, 7) is 3.59. The molecule has 1 saturated heterocycles. The lowest BCUT2D eigenvalue weighted by Crippen LogP contribution is -2.41. The standard InChI is InChI=1S/C13H23N5O.HI/c1-14-13(17-10-12-4-2-9-19-12)16-5-3-7-18-8-6-15-11-18;/h6,8,11-12H,2-5,7,9-10H2,1H3,(H2,14,16,17);1H. The summed E-state index contributed by atoms with van der Waals surface area (Å²) in [5.41, 5.74) is 0. The Morgan fingerprint density at radius 1 is 1.50 bits per heavy atom. The van der Waals surface area contributed by atoms with Gasteiger partial charge in [0.2, 0.25) is 0 Å². The first kappa shape index (κ1) is 17.2. The van der Waals surface area contributed by atoms with Gasteiger partial charge >= 0.3 is 0 Å². The summed E-state index contributed by atoms with van der Waals surface area (Å²) < 4.78 is 7.64. The van der Waals surface area contributed by atoms with Gasteiger partial charge in [-0.1, -0.05) is 0 Å². The van der Waals surface area contributed by atoms with E-state index in [4.69, 9.17) is 4.74 Å². The maximum atomic E-state index is 5.57. The number of aliphatic imine (C=N–C) groups is 1. The number of nitrogens with one attached hydrogen (secondary N) is 2. The van der Waals surface area contributed by atoms with Crippen molar-refractivity contribution in [2.75, 3.05) is 26.7 Å². The summed E-state index contributed by atoms with van der Waals surface area (Å²) in [5, 5.41) is 6.61. The smallest absolute Gasteiger partial charge is 0.191 e. The molecule has 0 aromatic carbocycles. The fraction of sp³-hybridized carbons (Fsp3) is 0.692. The Labute approximate surface area is 137 Å². The molecule has 1 fully saturated rings. The SMILES string of the molecule is CN=C(NCCCn1ccnc1)NCC1CCCO1.I. The molecule has 0 bridgehead atoms. The fourth-order valence-electron chi connectivity index (χ4n) is 2.12. The van der Waals surface area contributed by atoms with E-state index in [1.165, 1.54) is 6.42 Å². The number of imidazole rings is 1. The summed E-state index contributed by atoms with van der Waals surface area (Å²) in [6, 6.07) is 0. The van der Waals surface area contributed by atoms with E-state index in [2.05, 4.69) is 25.2 Å². The Hall–Kier alpha value is -0.830. The summed E-state index contributed by atoms with van der Waals surface area (Å²) in [5.74, 6) is 0.848. The van der Waals surface area contributed by atoms with Crippen LogP contribution in [0.1, 0.15) is 19.3 Å². The number of hydrogen-bond donors (Lipinski definition) is 2. The third-order valence-corrected chi connectivity index (χ3v) is 3.19. The molecule has 1 aliphatic heterocycles. The van der Waals surface area contributed by atoms with Crippen molar-refractivity contribution in [2.24, 2.45) is 4.99 Å². The minimum atomic E-state index is 0. The molecule has 0 saturated carbocycles. The number of nitrogens with zero attached hydrogens (tertiary/aromatic N) is 3. The molecule has 0 spiro atoms. The molecular formula is C13H24IN5O. The van der Waals surface area contributed by atoms with Crippen LogP contribution in [0.25, 0.3) is 0 Å². The maximum absolute atomic E-state index is 5.57. The number of ether oxygens (including phenoxy) is 1. The van der Waals surface area contributed by atoms with E-state index in [-0.39, 0.29) is 24.0 Å². The first-order valence-corrected chi connectivity index (χ1v) is 6.90. The Kier molecular flexibility index (Phi) is 8.59. The fourth-order valence-corrected chi connectivity index (χ4v) is 2.12. The van der Waals surface area contributed by atoms with Crippen molar-refractivity contribution in [3.8, 4) is 0 Å². The second kappa shape index (κ2) is 9.98. The molecule has 0 radical (unpaired) electrons. The maximum Gasteiger partial charge on any atom is 0.191 e. The molecule has 2 heterocycles. The van der Waals surface area contributed by atoms with Crippen LogP contribution in [0.2, 0.25) is 0 Å². The van der Waals surface area contributed by atoms with Gasteiger partial charge in [-0.15, -0.1) is 24.0 Å². The van der Waals surface area contributed by atoms with Crippen molar-refractivity contribution in [3.63, 3.8) is 0 Å². The minimum Gasteiger partial charge on any atom is -0.376 e. The molecule has 20 heavy (non-hydrogen) atoms. The van der Waals surface area contributed by atoms with Crippen LogP contribution in [0.15, 0.2) is 23.7 Å². The molecule has 1 unspecified atom stereocenters. The minimum absolute atomic E-state index is 0. The second-order valence-electron chi connectivity index (χ2n) is 4.67. The zero-order valence-electron chi connectivity index (χ0n) is 11.9. The molecule has 0 amide bonds. The van der Waals surface area contributed by atoms with Gasteiger partial charge in [0.1, 0.15) is 0 Å². The molecule has 1 aromatic rings. The number of hydrogen-bond acceptors (Lipinski definition) is 3. The largest absolute Gasteiger partial charge is 0.376 e. The molecule has 1 aliphatic rings. The normalized spacial score (nSPS) is 18.6. The third kappa shape index (κ3) is 6.08. The van der Waals surface area contributed by atoms with Gasteiger partial charge in [-0.25, -0.2) is 4.98 Å². The highest BCUT2D eigenvalue weighted by molar-refractivity contribution is 14.0. The van der Waals surface area contributed by atoms with Gasteiger partial charge in [-0.3, -0.25) is 4.99 Å². The Balaban J connectivity index is 0.00000200. The molecule has 114 valence electrons. The van der Waals surface area contributed by atoms with Gasteiger partial charge in [0, 0.05) is 45.7 Å². The van der Waals surface area contributed by atoms with Crippen molar-refractivity contribution in [1.29, 1.82) is 0 Å². The Morgan fingerprint density at radius 2 is 2.40 bits per heavy atom. The summed E-state index contributed by atoms with van der Waals surface area (Å²) in [6.07, 6.45) is 9.31. The number of guanidine groups is 1. The predicted molar refractivity (Wildman–Crippen MR) is 90.6 cm³/mol. The predicted octanol–water partition coefficient (Wildman–Crippen LogP) is 1.24. The number of aromatic nitrogens is 2. The van der Waals surface area contributed by atoms with Crippen LogP contribution in [-0.4, -0.2) is 48.4 Å². The quantitative estimate of drug-likeness (QED) is 0.331. The van der Waals surface area contributed by atoms with E-state index >= 15 is 0 Å². The zero-order chi connectivity index (χ0) is 13.3. The van der Waals surface area contributed by atoms with E-state index in [9.17, 15) is 0 Å². The van der Waals surface area contributed by atoms with Crippen LogP contribution < -0.4 is 10.6 Å². The van der Waals surface area contributed by atoms with Crippen LogP contribution in [0.4, 0.5) is 0 Å². The van der Waals surface area contributed by atoms with Crippen molar-refractivity contribution < 1.29 is 4.74 Å². The summed E-state index contributed by atoms with van der Waals surface area (Å²) >= 11 is 0. The lowest BCUT2D eigenvalue weighted by molar-refractivity contribution is 0.114. The van der Waals surface area contributed by atoms with Gasteiger partial charge < -0.3 is 19.9 Å². The molecule has 2 rings (SSSR count). The molecule has 0 aliphatic carbocycles. The average Bonchev–Trinajstić information content (AvgIpc) is 3.11. The van der Waals surface area contributed by atoms with E-state index in [0.717, 1.165) is 45.0 Å². The van der Waals surface area contributed by atoms with Gasteiger partial charge in [-0.05, 0) is 19.3 Å². The van der Waals surface area contributed by atoms with Crippen LogP contribution in [0.5, 0.6) is 0 Å². The first-order valence-electron chi connectivity index (χ1n) is 6.90. The summed E-state index contributed by atoms with van der Waals surface area (Å²) in [4.78, 5) is 8.22. The van der Waals surface area contributed by atoms with E-state index in [1.54, 1.807) is 13.2 Å². The molecule has 6 nitrogen and oxygen atoms in total. The number of aryl methyl sites for hydroxylation is 1. The van der Waals surface area contributed by atoms with Crippen LogP contribution in [0.3, 0.4) is 0 Å². The molecule has 7 heteroatoms. The van der Waals surface area contributed by atoms with Crippen molar-refractivity contribution in [3.05, 3.63) is 18.7 Å². The first-order chi connectivity index (χ1) is 9.38. The Morgan fingerprint density at radius 3 is 3.05 bits per heavy atom. The van der Waals surface area contributed by atoms with Crippen LogP contribution >= 0.6 is 24.0 Å². The Bertz CT molecular complexity index is 376. The van der Waals surface area contributed by atoms with E-state index in [0.29, 0.717) is 6.10 Å². The monoisotopic (exact) mass is 393 g/mol.